The molecule has 7 heteroatoms. The third-order valence-electron chi connectivity index (χ3n) is 6.13. The number of imidazole rings is 1. The molecular weight excluding hydrogens is 376 g/mol. The van der Waals surface area contributed by atoms with Crippen molar-refractivity contribution in [3.63, 3.8) is 0 Å². The van der Waals surface area contributed by atoms with Crippen LogP contribution < -0.4 is 5.32 Å². The topological polar surface area (TPSA) is 68.1 Å². The lowest BCUT2D eigenvalue weighted by atomic mass is 10.2. The smallest absolute Gasteiger partial charge is 0.166 e. The molecule has 7 nitrogen and oxygen atoms in total. The van der Waals surface area contributed by atoms with Crippen LogP contribution in [0.1, 0.15) is 43.1 Å². The van der Waals surface area contributed by atoms with E-state index in [1.165, 1.54) is 31.4 Å². The van der Waals surface area contributed by atoms with Crippen LogP contribution in [0.25, 0.3) is 11.2 Å². The van der Waals surface area contributed by atoms with Crippen LogP contribution in [0, 0.1) is 5.92 Å². The van der Waals surface area contributed by atoms with Gasteiger partial charge >= 0.3 is 0 Å². The first-order chi connectivity index (χ1) is 14.8. The van der Waals surface area contributed by atoms with E-state index in [4.69, 9.17) is 14.7 Å². The summed E-state index contributed by atoms with van der Waals surface area (Å²) in [6.45, 7) is 4.41. The first-order valence-corrected chi connectivity index (χ1v) is 11.1. The number of fused-ring (bicyclic) bond motifs is 1. The van der Waals surface area contributed by atoms with E-state index in [2.05, 4.69) is 44.0 Å². The SMILES string of the molecule is COCCNc1nc(C2CCCN2CC2CC2)nc2c1ncn2Cc1ccccc1. The second kappa shape index (κ2) is 8.70. The highest BCUT2D eigenvalue weighted by Gasteiger charge is 2.34. The van der Waals surface area contributed by atoms with Gasteiger partial charge in [0.25, 0.3) is 0 Å². The summed E-state index contributed by atoms with van der Waals surface area (Å²) in [6, 6.07) is 10.8. The van der Waals surface area contributed by atoms with Gasteiger partial charge in [0.05, 0.1) is 25.5 Å². The summed E-state index contributed by atoms with van der Waals surface area (Å²) in [5, 5.41) is 3.43. The fourth-order valence-corrected chi connectivity index (χ4v) is 4.37. The van der Waals surface area contributed by atoms with Gasteiger partial charge in [-0.1, -0.05) is 30.3 Å². The lowest BCUT2D eigenvalue weighted by Gasteiger charge is -2.23. The summed E-state index contributed by atoms with van der Waals surface area (Å²) in [4.78, 5) is 17.3. The predicted octanol–water partition coefficient (Wildman–Crippen LogP) is 3.48. The van der Waals surface area contributed by atoms with Crippen molar-refractivity contribution in [1.82, 2.24) is 24.4 Å². The predicted molar refractivity (Wildman–Crippen MR) is 118 cm³/mol. The van der Waals surface area contributed by atoms with Crippen LogP contribution in [0.4, 0.5) is 5.82 Å². The Kier molecular flexibility index (Phi) is 5.64. The molecule has 1 saturated heterocycles. The number of ether oxygens (including phenoxy) is 1. The largest absolute Gasteiger partial charge is 0.383 e. The highest BCUT2D eigenvalue weighted by molar-refractivity contribution is 5.83. The number of aromatic nitrogens is 4. The van der Waals surface area contributed by atoms with Crippen LogP contribution in [-0.2, 0) is 11.3 Å². The lowest BCUT2D eigenvalue weighted by molar-refractivity contribution is 0.210. The Morgan fingerprint density at radius 3 is 2.80 bits per heavy atom. The van der Waals surface area contributed by atoms with Crippen molar-refractivity contribution in [2.45, 2.75) is 38.3 Å². The maximum Gasteiger partial charge on any atom is 0.166 e. The molecule has 2 aromatic heterocycles. The highest BCUT2D eigenvalue weighted by atomic mass is 16.5. The van der Waals surface area contributed by atoms with E-state index in [0.29, 0.717) is 19.2 Å². The summed E-state index contributed by atoms with van der Waals surface area (Å²) in [5.41, 5.74) is 2.97. The molecule has 1 N–H and O–H groups in total. The van der Waals surface area contributed by atoms with E-state index in [1.54, 1.807) is 7.11 Å². The van der Waals surface area contributed by atoms with Crippen molar-refractivity contribution in [3.05, 3.63) is 48.0 Å². The van der Waals surface area contributed by atoms with Gasteiger partial charge in [-0.25, -0.2) is 15.0 Å². The molecule has 5 rings (SSSR count). The zero-order valence-electron chi connectivity index (χ0n) is 17.6. The van der Waals surface area contributed by atoms with Crippen LogP contribution in [0.5, 0.6) is 0 Å². The molecule has 2 fully saturated rings. The van der Waals surface area contributed by atoms with Crippen molar-refractivity contribution in [1.29, 1.82) is 0 Å². The van der Waals surface area contributed by atoms with Crippen LogP contribution >= 0.6 is 0 Å². The maximum atomic E-state index is 5.22. The first-order valence-electron chi connectivity index (χ1n) is 11.1. The molecule has 3 heterocycles. The van der Waals surface area contributed by atoms with E-state index in [9.17, 15) is 0 Å². The van der Waals surface area contributed by atoms with Gasteiger partial charge < -0.3 is 14.6 Å². The van der Waals surface area contributed by atoms with E-state index < -0.39 is 0 Å². The molecule has 30 heavy (non-hydrogen) atoms. The van der Waals surface area contributed by atoms with Gasteiger partial charge in [-0.2, -0.15) is 0 Å². The Morgan fingerprint density at radius 2 is 2.00 bits per heavy atom. The van der Waals surface area contributed by atoms with Gasteiger partial charge in [-0.3, -0.25) is 4.90 Å². The second-order valence-electron chi connectivity index (χ2n) is 8.48. The van der Waals surface area contributed by atoms with Gasteiger partial charge in [-0.15, -0.1) is 0 Å². The van der Waals surface area contributed by atoms with Crippen molar-refractivity contribution >= 4 is 17.0 Å². The summed E-state index contributed by atoms with van der Waals surface area (Å²) in [5.74, 6) is 2.62. The van der Waals surface area contributed by atoms with Crippen molar-refractivity contribution in [2.75, 3.05) is 38.7 Å². The molecule has 0 radical (unpaired) electrons. The number of hydrogen-bond donors (Lipinski definition) is 1. The number of hydrogen-bond acceptors (Lipinski definition) is 6. The molecule has 1 aliphatic heterocycles. The third-order valence-corrected chi connectivity index (χ3v) is 6.13. The van der Waals surface area contributed by atoms with Crippen LogP contribution in [0.15, 0.2) is 36.7 Å². The Balaban J connectivity index is 1.50. The molecular formula is C23H30N6O. The summed E-state index contributed by atoms with van der Waals surface area (Å²) < 4.78 is 7.35. The van der Waals surface area contributed by atoms with Gasteiger partial charge in [0, 0.05) is 20.2 Å². The summed E-state index contributed by atoms with van der Waals surface area (Å²) in [6.07, 6.45) is 6.97. The number of benzene rings is 1. The third kappa shape index (κ3) is 4.18. The normalized spacial score (nSPS) is 19.6. The Labute approximate surface area is 177 Å². The van der Waals surface area contributed by atoms with E-state index in [0.717, 1.165) is 48.2 Å². The highest BCUT2D eigenvalue weighted by Crippen LogP contribution is 2.37. The lowest BCUT2D eigenvalue weighted by Crippen LogP contribution is -2.27. The fraction of sp³-hybridized carbons (Fsp3) is 0.522. The number of rotatable bonds is 9. The number of nitrogens with zero attached hydrogens (tertiary/aromatic N) is 5. The molecule has 1 unspecified atom stereocenters. The molecule has 1 aromatic carbocycles. The number of anilines is 1. The Morgan fingerprint density at radius 1 is 1.13 bits per heavy atom. The number of likely N-dealkylation sites (tertiary alicyclic amines) is 1. The average Bonchev–Trinajstić information content (AvgIpc) is 3.31. The zero-order chi connectivity index (χ0) is 20.3. The first kappa shape index (κ1) is 19.5. The Bertz CT molecular complexity index is 984. The van der Waals surface area contributed by atoms with E-state index in [1.807, 2.05) is 12.4 Å². The molecule has 2 aliphatic rings. The summed E-state index contributed by atoms with van der Waals surface area (Å²) in [7, 11) is 1.71. The number of methoxy groups -OCH3 is 1. The molecule has 0 amide bonds. The van der Waals surface area contributed by atoms with Crippen LogP contribution in [0.3, 0.4) is 0 Å². The molecule has 1 aliphatic carbocycles. The maximum absolute atomic E-state index is 5.22. The van der Waals surface area contributed by atoms with Crippen molar-refractivity contribution in [3.8, 4) is 0 Å². The minimum Gasteiger partial charge on any atom is -0.383 e. The molecule has 3 aromatic rings. The molecule has 158 valence electrons. The fourth-order valence-electron chi connectivity index (χ4n) is 4.37. The standard InChI is InChI=1S/C23H30N6O/c1-30-13-11-24-22-20-23(29(16-25-20)15-17-6-3-2-4-7-17)27-21(26-22)19-8-5-12-28(19)14-18-9-10-18/h2-4,6-7,16,18-19H,5,8-15H2,1H3,(H,24,26,27). The van der Waals surface area contributed by atoms with Crippen molar-refractivity contribution in [2.24, 2.45) is 5.92 Å². The minimum atomic E-state index is 0.304. The van der Waals surface area contributed by atoms with Gasteiger partial charge in [-0.05, 0) is 43.7 Å². The van der Waals surface area contributed by atoms with Crippen LogP contribution in [0.2, 0.25) is 0 Å². The van der Waals surface area contributed by atoms with Crippen molar-refractivity contribution < 1.29 is 4.74 Å². The van der Waals surface area contributed by atoms with Crippen LogP contribution in [-0.4, -0.2) is 57.8 Å². The summed E-state index contributed by atoms with van der Waals surface area (Å²) >= 11 is 0. The quantitative estimate of drug-likeness (QED) is 0.549. The molecule has 0 bridgehead atoms. The van der Waals surface area contributed by atoms with Gasteiger partial charge in [0.15, 0.2) is 11.5 Å². The van der Waals surface area contributed by atoms with E-state index in [-0.39, 0.29) is 0 Å². The number of nitrogens with one attached hydrogen (secondary N) is 1. The second-order valence-corrected chi connectivity index (χ2v) is 8.48. The van der Waals surface area contributed by atoms with E-state index >= 15 is 0 Å². The average molecular weight is 407 g/mol. The zero-order valence-corrected chi connectivity index (χ0v) is 17.6. The monoisotopic (exact) mass is 406 g/mol. The minimum absolute atomic E-state index is 0.304. The van der Waals surface area contributed by atoms with Gasteiger partial charge in [0.1, 0.15) is 11.3 Å². The van der Waals surface area contributed by atoms with Gasteiger partial charge in [0.2, 0.25) is 0 Å². The molecule has 0 spiro atoms. The molecule has 1 saturated carbocycles. The Hall–Kier alpha value is -2.51. The molecule has 1 atom stereocenters.